The van der Waals surface area contributed by atoms with Crippen LogP contribution in [-0.4, -0.2) is 92.6 Å². The van der Waals surface area contributed by atoms with Crippen molar-refractivity contribution in [3.63, 3.8) is 0 Å². The Morgan fingerprint density at radius 3 is 2.81 bits per heavy atom. The molecule has 0 saturated carbocycles. The van der Waals surface area contributed by atoms with E-state index < -0.39 is 54.0 Å². The van der Waals surface area contributed by atoms with Crippen LogP contribution in [-0.2, 0) is 30.3 Å². The normalized spacial score (nSPS) is 26.2. The van der Waals surface area contributed by atoms with Crippen LogP contribution in [0.4, 0.5) is 10.6 Å². The number of allylic oxidation sites excluding steroid dienone is 2. The van der Waals surface area contributed by atoms with Crippen molar-refractivity contribution in [1.29, 1.82) is 0 Å². The molecule has 2 bridgehead atoms. The zero-order chi connectivity index (χ0) is 34.6. The number of cyclic esters (lactones) is 1. The van der Waals surface area contributed by atoms with Crippen molar-refractivity contribution in [2.45, 2.75) is 64.7 Å². The molecule has 2 aliphatic heterocycles. The maximum Gasteiger partial charge on any atom is 0.412 e. The molecule has 0 spiro atoms. The lowest BCUT2D eigenvalue weighted by molar-refractivity contribution is -0.159. The van der Waals surface area contributed by atoms with Gasteiger partial charge in [0.25, 0.3) is 5.91 Å². The Bertz CT molecular complexity index is 1550. The fourth-order valence-electron chi connectivity index (χ4n) is 5.36. The molecule has 1 saturated heterocycles. The van der Waals surface area contributed by atoms with Gasteiger partial charge < -0.3 is 29.2 Å². The van der Waals surface area contributed by atoms with Gasteiger partial charge in [0.15, 0.2) is 11.5 Å². The second-order valence-electron chi connectivity index (χ2n) is 11.7. The summed E-state index contributed by atoms with van der Waals surface area (Å²) in [7, 11) is 0. The summed E-state index contributed by atoms with van der Waals surface area (Å²) in [6, 6.07) is -0.923. The Morgan fingerprint density at radius 2 is 2.04 bits per heavy atom. The number of aliphatic hydroxyl groups excluding tert-OH is 1. The lowest BCUT2D eigenvalue weighted by atomic mass is 9.93. The molecule has 0 radical (unpaired) electrons. The molecule has 0 aromatic carbocycles. The monoisotopic (exact) mass is 664 g/mol. The molecule has 2 aromatic heterocycles. The summed E-state index contributed by atoms with van der Waals surface area (Å²) in [6.07, 6.45) is 11.0. The summed E-state index contributed by atoms with van der Waals surface area (Å²) < 4.78 is 16.7. The highest BCUT2D eigenvalue weighted by molar-refractivity contribution is 5.95. The van der Waals surface area contributed by atoms with E-state index >= 15 is 0 Å². The van der Waals surface area contributed by atoms with Crippen LogP contribution in [0.5, 0.6) is 0 Å². The molecular weight excluding hydrogens is 624 g/mol. The average Bonchev–Trinajstić information content (AvgIpc) is 3.73. The van der Waals surface area contributed by atoms with Crippen molar-refractivity contribution < 1.29 is 43.0 Å². The first-order valence-electron chi connectivity index (χ1n) is 15.7. The molecule has 48 heavy (non-hydrogen) atoms. The summed E-state index contributed by atoms with van der Waals surface area (Å²) in [5, 5.41) is 15.5. The minimum absolute atomic E-state index is 0.0152. The number of nitrogens with one attached hydrogen (secondary N) is 2. The maximum absolute atomic E-state index is 13.6. The number of ether oxygens (including phenoxy) is 2. The molecule has 0 unspecified atom stereocenters. The summed E-state index contributed by atoms with van der Waals surface area (Å²) in [4.78, 5) is 77.9. The standard InChI is InChI=1S/C33H40N6O9/c1-20-6-4-10-36-28(42)9-8-21(2)30(22(3)18-47-33(45)38-27-17-34-11-12-35-27)48-32(44)26-7-5-13-39(26)31(43)25-19-46-29(37-25)16-24(41)15-23(40)14-20/h4,6,8-9,11-12,14,17,19,21-23,26,30,40H,5,7,10,13,15-16,18H2,1-3H3,(H,36,42)(H,35,38,45)/b6-4+,9-8+,20-14+/t21-,22-,23-,26-,30+/m1/s1. The fourth-order valence-corrected chi connectivity index (χ4v) is 5.36. The number of carbonyl (C=O) groups is 5. The Morgan fingerprint density at radius 1 is 1.23 bits per heavy atom. The van der Waals surface area contributed by atoms with Crippen LogP contribution in [0.25, 0.3) is 0 Å². The number of ketones is 1. The Hall–Kier alpha value is -5.18. The number of anilines is 1. The predicted octanol–water partition coefficient (Wildman–Crippen LogP) is 2.55. The minimum atomic E-state index is -1.05. The van der Waals surface area contributed by atoms with Gasteiger partial charge in [-0.2, -0.15) is 0 Å². The van der Waals surface area contributed by atoms with Crippen LogP contribution in [0, 0.1) is 11.8 Å². The first-order chi connectivity index (χ1) is 23.0. The Labute approximate surface area is 277 Å². The van der Waals surface area contributed by atoms with E-state index in [1.54, 1.807) is 39.0 Å². The predicted molar refractivity (Wildman–Crippen MR) is 170 cm³/mol. The number of carbonyl (C=O) groups excluding carboxylic acids is 5. The second-order valence-corrected chi connectivity index (χ2v) is 11.7. The number of oxazole rings is 1. The van der Waals surface area contributed by atoms with E-state index in [-0.39, 0.29) is 55.7 Å². The van der Waals surface area contributed by atoms with Crippen molar-refractivity contribution >= 4 is 35.5 Å². The molecule has 3 N–H and O–H groups in total. The first-order valence-corrected chi connectivity index (χ1v) is 15.7. The topological polar surface area (TPSA) is 203 Å². The quantitative estimate of drug-likeness (QED) is 0.404. The van der Waals surface area contributed by atoms with Crippen molar-refractivity contribution in [3.05, 3.63) is 72.4 Å². The van der Waals surface area contributed by atoms with E-state index in [1.165, 1.54) is 35.6 Å². The third kappa shape index (κ3) is 10.4. The zero-order valence-electron chi connectivity index (χ0n) is 27.0. The molecule has 3 amide bonds. The van der Waals surface area contributed by atoms with Gasteiger partial charge in [0.1, 0.15) is 24.2 Å². The molecule has 15 nitrogen and oxygen atoms in total. The second kappa shape index (κ2) is 17.1. The first kappa shape index (κ1) is 35.7. The van der Waals surface area contributed by atoms with Crippen LogP contribution in [0.1, 0.15) is 56.4 Å². The van der Waals surface area contributed by atoms with Crippen molar-refractivity contribution in [2.24, 2.45) is 11.8 Å². The molecule has 5 atom stereocenters. The highest BCUT2D eigenvalue weighted by Gasteiger charge is 2.39. The third-order valence-corrected chi connectivity index (χ3v) is 7.73. The smallest absolute Gasteiger partial charge is 0.412 e. The highest BCUT2D eigenvalue weighted by Crippen LogP contribution is 2.26. The zero-order valence-corrected chi connectivity index (χ0v) is 27.0. The van der Waals surface area contributed by atoms with Gasteiger partial charge in [0.2, 0.25) is 11.8 Å². The molecule has 2 aromatic rings. The molecule has 1 fully saturated rings. The van der Waals surface area contributed by atoms with Gasteiger partial charge in [0.05, 0.1) is 25.3 Å². The lowest BCUT2D eigenvalue weighted by Crippen LogP contribution is -2.44. The number of rotatable bonds is 4. The van der Waals surface area contributed by atoms with Gasteiger partial charge in [-0.25, -0.2) is 19.6 Å². The van der Waals surface area contributed by atoms with Gasteiger partial charge in [-0.15, -0.1) is 0 Å². The van der Waals surface area contributed by atoms with Crippen LogP contribution in [0.15, 0.2) is 65.2 Å². The SMILES string of the molecule is CC1=C\[C@@H](O)CC(=O)Cc2nc(co2)C(=O)N2CCC[C@@H]2C(=O)O[C@H]([C@H](C)COC(=O)Nc2cnccn2)[C@H](C)/C=C/C(=O)NC\C=C\1. The summed E-state index contributed by atoms with van der Waals surface area (Å²) in [6.45, 7) is 5.56. The van der Waals surface area contributed by atoms with E-state index in [1.807, 2.05) is 0 Å². The molecule has 4 rings (SSSR count). The molecule has 4 heterocycles. The van der Waals surface area contributed by atoms with E-state index in [0.717, 1.165) is 6.26 Å². The molecule has 0 aliphatic carbocycles. The fraction of sp³-hybridized carbons (Fsp3) is 0.455. The van der Waals surface area contributed by atoms with Gasteiger partial charge in [-0.3, -0.25) is 24.7 Å². The number of hydrogen-bond acceptors (Lipinski definition) is 12. The lowest BCUT2D eigenvalue weighted by Gasteiger charge is -2.30. The van der Waals surface area contributed by atoms with Crippen LogP contribution in [0.2, 0.25) is 0 Å². The van der Waals surface area contributed by atoms with E-state index in [2.05, 4.69) is 25.6 Å². The highest BCUT2D eigenvalue weighted by atomic mass is 16.6. The van der Waals surface area contributed by atoms with Gasteiger partial charge >= 0.3 is 12.1 Å². The Kier molecular flexibility index (Phi) is 12.7. The number of Topliss-reactive ketones (excluding diaryl/α,β-unsaturated/α-hetero) is 1. The number of hydrogen-bond donors (Lipinski definition) is 3. The maximum atomic E-state index is 13.6. The summed E-state index contributed by atoms with van der Waals surface area (Å²) in [5.41, 5.74) is 0.620. The average molecular weight is 665 g/mol. The van der Waals surface area contributed by atoms with Crippen LogP contribution in [0.3, 0.4) is 0 Å². The third-order valence-electron chi connectivity index (χ3n) is 7.73. The van der Waals surface area contributed by atoms with Crippen LogP contribution < -0.4 is 10.6 Å². The molecular formula is C33H40N6O9. The van der Waals surface area contributed by atoms with Crippen molar-refractivity contribution in [1.82, 2.24) is 25.2 Å². The largest absolute Gasteiger partial charge is 0.460 e. The number of aromatic nitrogens is 3. The van der Waals surface area contributed by atoms with Crippen molar-refractivity contribution in [2.75, 3.05) is 25.0 Å². The molecule has 15 heteroatoms. The number of amides is 3. The van der Waals surface area contributed by atoms with Crippen LogP contribution >= 0.6 is 0 Å². The molecule has 256 valence electrons. The van der Waals surface area contributed by atoms with E-state index in [0.29, 0.717) is 18.4 Å². The molecule has 2 aliphatic rings. The van der Waals surface area contributed by atoms with E-state index in [4.69, 9.17) is 13.9 Å². The summed E-state index contributed by atoms with van der Waals surface area (Å²) in [5.74, 6) is -2.79. The van der Waals surface area contributed by atoms with E-state index in [9.17, 15) is 29.1 Å². The van der Waals surface area contributed by atoms with Gasteiger partial charge in [0, 0.05) is 43.7 Å². The van der Waals surface area contributed by atoms with Gasteiger partial charge in [-0.05, 0) is 25.8 Å². The van der Waals surface area contributed by atoms with Gasteiger partial charge in [-0.1, -0.05) is 43.7 Å². The number of nitrogens with zero attached hydrogens (tertiary/aromatic N) is 4. The number of aliphatic hydroxyl groups is 1. The minimum Gasteiger partial charge on any atom is -0.460 e. The summed E-state index contributed by atoms with van der Waals surface area (Å²) >= 11 is 0. The van der Waals surface area contributed by atoms with Crippen molar-refractivity contribution in [3.8, 4) is 0 Å². The number of fused-ring (bicyclic) bond motifs is 3. The Balaban J connectivity index is 1.54. The number of esters is 1.